The average molecular weight is 732 g/mol. The lowest BCUT2D eigenvalue weighted by atomic mass is 9.94. The van der Waals surface area contributed by atoms with Crippen LogP contribution in [0.25, 0.3) is 0 Å². The highest BCUT2D eigenvalue weighted by atomic mass is 16.5. The number of pyridine rings is 1. The predicted molar refractivity (Wildman–Crippen MR) is 200 cm³/mol. The van der Waals surface area contributed by atoms with Crippen LogP contribution >= 0.6 is 0 Å². The summed E-state index contributed by atoms with van der Waals surface area (Å²) in [6, 6.07) is 16.7. The molecule has 0 saturated carbocycles. The van der Waals surface area contributed by atoms with Crippen LogP contribution in [0.2, 0.25) is 0 Å². The Labute approximate surface area is 311 Å². The monoisotopic (exact) mass is 731 g/mol. The van der Waals surface area contributed by atoms with Crippen molar-refractivity contribution >= 4 is 29.6 Å². The van der Waals surface area contributed by atoms with Crippen LogP contribution in [0.15, 0.2) is 79.1 Å². The van der Waals surface area contributed by atoms with Crippen LogP contribution in [0.5, 0.6) is 5.75 Å². The van der Waals surface area contributed by atoms with E-state index >= 15 is 0 Å². The van der Waals surface area contributed by atoms with E-state index in [1.165, 1.54) is 25.3 Å². The minimum Gasteiger partial charge on any atom is -0.497 e. The number of aliphatic hydroxyl groups is 1. The standard InChI is InChI=1S/C40H53N5O8/c1-27(2)37(34(46)25-35(47)42-22-11-7-10-16-36(48)53-5)44-39(50)33(24-28-13-8-6-9-14-28)45(3)40(51)32(23-29-17-19-31(52-4)20-18-29)43-38(49)30-15-12-21-41-26-30/h6,8-9,12-15,17-21,26-27,32-34,37,46H,7,10-11,16,22-25H2,1-5H3,(H,42,47)(H,43,49)(H,44,50)/t32-,33-,34+,37-/m0/s1. The largest absolute Gasteiger partial charge is 0.497 e. The van der Waals surface area contributed by atoms with Crippen molar-refractivity contribution < 1.29 is 38.6 Å². The Morgan fingerprint density at radius 2 is 1.55 bits per heavy atom. The number of aliphatic hydroxyl groups excluding tert-OH is 1. The summed E-state index contributed by atoms with van der Waals surface area (Å²) in [6.45, 7) is 4.03. The van der Waals surface area contributed by atoms with E-state index < -0.39 is 42.0 Å². The number of likely N-dealkylation sites (N-methyl/N-ethyl adjacent to an activating group) is 1. The second-order valence-corrected chi connectivity index (χ2v) is 13.3. The van der Waals surface area contributed by atoms with Gasteiger partial charge in [0, 0.05) is 45.2 Å². The summed E-state index contributed by atoms with van der Waals surface area (Å²) in [4.78, 5) is 71.2. The maximum Gasteiger partial charge on any atom is 0.305 e. The van der Waals surface area contributed by atoms with Gasteiger partial charge in [0.15, 0.2) is 0 Å². The summed E-state index contributed by atoms with van der Waals surface area (Å²) in [7, 11) is 4.42. The van der Waals surface area contributed by atoms with E-state index in [1.54, 1.807) is 49.7 Å². The van der Waals surface area contributed by atoms with Gasteiger partial charge in [-0.05, 0) is 54.2 Å². The van der Waals surface area contributed by atoms with Crippen molar-refractivity contribution in [2.45, 2.75) is 83.0 Å². The van der Waals surface area contributed by atoms with Crippen LogP contribution in [0.4, 0.5) is 0 Å². The van der Waals surface area contributed by atoms with Crippen molar-refractivity contribution in [1.82, 2.24) is 25.8 Å². The number of hydrogen-bond acceptors (Lipinski definition) is 9. The van der Waals surface area contributed by atoms with Crippen molar-refractivity contribution in [3.8, 4) is 5.75 Å². The lowest BCUT2D eigenvalue weighted by Gasteiger charge is -2.34. The topological polar surface area (TPSA) is 176 Å². The summed E-state index contributed by atoms with van der Waals surface area (Å²) in [5, 5.41) is 19.7. The highest BCUT2D eigenvalue weighted by Crippen LogP contribution is 2.18. The molecule has 0 aliphatic rings. The first kappa shape index (κ1) is 42.1. The van der Waals surface area contributed by atoms with E-state index in [4.69, 9.17) is 4.74 Å². The molecule has 0 saturated heterocycles. The van der Waals surface area contributed by atoms with Gasteiger partial charge >= 0.3 is 5.97 Å². The van der Waals surface area contributed by atoms with E-state index in [9.17, 15) is 29.1 Å². The third-order valence-electron chi connectivity index (χ3n) is 8.96. The fourth-order valence-corrected chi connectivity index (χ4v) is 5.84. The Morgan fingerprint density at radius 1 is 0.849 bits per heavy atom. The molecule has 13 heteroatoms. The molecule has 286 valence electrons. The number of benzene rings is 2. The number of methoxy groups -OCH3 is 2. The Kier molecular flexibility index (Phi) is 17.4. The lowest BCUT2D eigenvalue weighted by molar-refractivity contribution is -0.141. The Bertz CT molecular complexity index is 1600. The Morgan fingerprint density at radius 3 is 2.17 bits per heavy atom. The molecule has 4 atom stereocenters. The Hall–Kier alpha value is -5.30. The molecule has 2 aromatic carbocycles. The predicted octanol–water partition coefficient (Wildman–Crippen LogP) is 3.24. The van der Waals surface area contributed by atoms with Gasteiger partial charge in [0.25, 0.3) is 5.91 Å². The van der Waals surface area contributed by atoms with Crippen LogP contribution < -0.4 is 20.7 Å². The Balaban J connectivity index is 1.79. The summed E-state index contributed by atoms with van der Waals surface area (Å²) < 4.78 is 9.91. The first-order valence-corrected chi connectivity index (χ1v) is 17.9. The van der Waals surface area contributed by atoms with E-state index in [1.807, 2.05) is 44.2 Å². The molecule has 4 N–H and O–H groups in total. The summed E-state index contributed by atoms with van der Waals surface area (Å²) in [6.07, 6.45) is 4.13. The van der Waals surface area contributed by atoms with Gasteiger partial charge in [0.2, 0.25) is 17.7 Å². The number of hydrogen-bond donors (Lipinski definition) is 4. The van der Waals surface area contributed by atoms with Crippen molar-refractivity contribution in [1.29, 1.82) is 0 Å². The number of unbranched alkanes of at least 4 members (excludes halogenated alkanes) is 2. The number of ether oxygens (including phenoxy) is 2. The maximum absolute atomic E-state index is 14.4. The highest BCUT2D eigenvalue weighted by molar-refractivity contribution is 5.98. The van der Waals surface area contributed by atoms with Gasteiger partial charge < -0.3 is 35.4 Å². The quantitative estimate of drug-likeness (QED) is 0.0947. The maximum atomic E-state index is 14.4. The zero-order valence-corrected chi connectivity index (χ0v) is 31.2. The highest BCUT2D eigenvalue weighted by Gasteiger charge is 2.35. The normalized spacial score (nSPS) is 13.2. The smallest absolute Gasteiger partial charge is 0.305 e. The number of esters is 1. The molecule has 0 aliphatic heterocycles. The second kappa shape index (κ2) is 21.9. The molecule has 4 amide bonds. The van der Waals surface area contributed by atoms with Gasteiger partial charge in [-0.3, -0.25) is 29.0 Å². The molecule has 0 radical (unpaired) electrons. The minimum absolute atomic E-state index is 0.132. The molecule has 53 heavy (non-hydrogen) atoms. The van der Waals surface area contributed by atoms with Crippen molar-refractivity contribution in [3.63, 3.8) is 0 Å². The molecule has 0 unspecified atom stereocenters. The van der Waals surface area contributed by atoms with Gasteiger partial charge in [0.05, 0.1) is 38.3 Å². The van der Waals surface area contributed by atoms with Gasteiger partial charge in [0.1, 0.15) is 17.8 Å². The molecular formula is C40H53N5O8. The number of rotatable bonds is 21. The third-order valence-corrected chi connectivity index (χ3v) is 8.96. The molecule has 0 spiro atoms. The van der Waals surface area contributed by atoms with Crippen LogP contribution in [-0.2, 0) is 36.8 Å². The number of carbonyl (C=O) groups excluding carboxylic acids is 5. The van der Waals surface area contributed by atoms with Gasteiger partial charge in [-0.2, -0.15) is 0 Å². The summed E-state index contributed by atoms with van der Waals surface area (Å²) in [5.74, 6) is -1.78. The molecule has 0 aliphatic carbocycles. The molecule has 3 aromatic rings. The molecule has 1 aromatic heterocycles. The molecular weight excluding hydrogens is 678 g/mol. The minimum atomic E-state index is -1.21. The molecule has 0 fully saturated rings. The van der Waals surface area contributed by atoms with Gasteiger partial charge in [-0.1, -0.05) is 62.7 Å². The van der Waals surface area contributed by atoms with Crippen LogP contribution in [0.1, 0.15) is 67.4 Å². The van der Waals surface area contributed by atoms with Crippen LogP contribution in [0.3, 0.4) is 0 Å². The number of nitrogens with zero attached hydrogens (tertiary/aromatic N) is 2. The fraction of sp³-hybridized carbons (Fsp3) is 0.450. The first-order chi connectivity index (χ1) is 25.4. The fourth-order valence-electron chi connectivity index (χ4n) is 5.84. The SMILES string of the molecule is COC(=O)CCCCCNC(=O)C[C@@H](O)[C@@H](NC(=O)[C@H](Cc1ccccc1)N(C)C(=O)[C@H](Cc1ccc(OC)cc1)NC(=O)c1cccnc1)C(C)C. The number of carbonyl (C=O) groups is 5. The van der Waals surface area contributed by atoms with Crippen LogP contribution in [0, 0.1) is 5.92 Å². The van der Waals surface area contributed by atoms with Crippen molar-refractivity contribution in [2.75, 3.05) is 27.8 Å². The molecule has 1 heterocycles. The van der Waals surface area contributed by atoms with Gasteiger partial charge in [-0.25, -0.2) is 0 Å². The van der Waals surface area contributed by atoms with Gasteiger partial charge in [-0.15, -0.1) is 0 Å². The molecule has 13 nitrogen and oxygen atoms in total. The van der Waals surface area contributed by atoms with Crippen molar-refractivity contribution in [2.24, 2.45) is 5.92 Å². The van der Waals surface area contributed by atoms with E-state index in [2.05, 4.69) is 25.7 Å². The van der Waals surface area contributed by atoms with E-state index in [-0.39, 0.29) is 42.6 Å². The van der Waals surface area contributed by atoms with Crippen LogP contribution in [-0.4, -0.2) is 96.6 Å². The van der Waals surface area contributed by atoms with E-state index in [0.717, 1.165) is 17.5 Å². The summed E-state index contributed by atoms with van der Waals surface area (Å²) >= 11 is 0. The zero-order valence-electron chi connectivity index (χ0n) is 31.2. The van der Waals surface area contributed by atoms with E-state index in [0.29, 0.717) is 31.6 Å². The number of aromatic nitrogens is 1. The third kappa shape index (κ3) is 14.0. The second-order valence-electron chi connectivity index (χ2n) is 13.3. The molecule has 0 bridgehead atoms. The number of amides is 4. The van der Waals surface area contributed by atoms with Crippen molar-refractivity contribution in [3.05, 3.63) is 95.8 Å². The lowest BCUT2D eigenvalue weighted by Crippen LogP contribution is -2.58. The number of nitrogens with one attached hydrogen (secondary N) is 3. The molecule has 3 rings (SSSR count). The zero-order chi connectivity index (χ0) is 38.8. The average Bonchev–Trinajstić information content (AvgIpc) is 3.17. The first-order valence-electron chi connectivity index (χ1n) is 17.9. The summed E-state index contributed by atoms with van der Waals surface area (Å²) in [5.41, 5.74) is 1.83.